The topological polar surface area (TPSA) is 77.7 Å². The van der Waals surface area contributed by atoms with E-state index in [1.807, 2.05) is 4.57 Å². The van der Waals surface area contributed by atoms with Gasteiger partial charge >= 0.3 is 0 Å². The van der Waals surface area contributed by atoms with E-state index in [1.54, 1.807) is 26.2 Å². The summed E-state index contributed by atoms with van der Waals surface area (Å²) >= 11 is 1.44. The van der Waals surface area contributed by atoms with E-state index >= 15 is 0 Å². The molecule has 0 unspecified atom stereocenters. The van der Waals surface area contributed by atoms with Crippen LogP contribution in [0.15, 0.2) is 46.3 Å². The summed E-state index contributed by atoms with van der Waals surface area (Å²) in [6.45, 7) is 6.73. The fourth-order valence-electron chi connectivity index (χ4n) is 2.95. The summed E-state index contributed by atoms with van der Waals surface area (Å²) in [6, 6.07) is 10.2. The number of thiazole rings is 1. The highest BCUT2D eigenvalue weighted by Gasteiger charge is 2.15. The number of aryl methyl sites for hydroxylation is 2. The summed E-state index contributed by atoms with van der Waals surface area (Å²) in [5.41, 5.74) is 3.59. The first-order valence-electron chi connectivity index (χ1n) is 9.28. The van der Waals surface area contributed by atoms with Gasteiger partial charge in [0.15, 0.2) is 14.6 Å². The zero-order chi connectivity index (χ0) is 21.2. The minimum absolute atomic E-state index is 0.0200. The molecule has 3 rings (SSSR count). The van der Waals surface area contributed by atoms with Crippen LogP contribution in [-0.4, -0.2) is 38.4 Å². The third-order valence-corrected chi connectivity index (χ3v) is 7.61. The minimum atomic E-state index is -3.39. The van der Waals surface area contributed by atoms with Gasteiger partial charge in [-0.15, -0.1) is 0 Å². The van der Waals surface area contributed by atoms with Gasteiger partial charge in [-0.25, -0.2) is 8.42 Å². The number of ether oxygens (including phenoxy) is 1. The lowest BCUT2D eigenvalue weighted by Gasteiger charge is -2.06. The fourth-order valence-corrected chi connectivity index (χ4v) is 5.01. The second-order valence-electron chi connectivity index (χ2n) is 6.78. The van der Waals surface area contributed by atoms with E-state index in [4.69, 9.17) is 4.74 Å². The van der Waals surface area contributed by atoms with Crippen LogP contribution in [0.25, 0.3) is 10.2 Å². The Morgan fingerprint density at radius 2 is 1.90 bits per heavy atom. The molecule has 1 aromatic heterocycles. The number of methoxy groups -OCH3 is 1. The van der Waals surface area contributed by atoms with Crippen LogP contribution in [0.3, 0.4) is 0 Å². The number of aromatic nitrogens is 1. The van der Waals surface area contributed by atoms with Gasteiger partial charge in [0, 0.05) is 19.2 Å². The van der Waals surface area contributed by atoms with Gasteiger partial charge in [0.05, 0.1) is 27.5 Å². The van der Waals surface area contributed by atoms with Crippen LogP contribution in [0, 0.1) is 13.8 Å². The highest BCUT2D eigenvalue weighted by atomic mass is 32.2. The number of amides is 1. The van der Waals surface area contributed by atoms with Crippen LogP contribution < -0.4 is 4.80 Å². The van der Waals surface area contributed by atoms with Crippen molar-refractivity contribution in [1.29, 1.82) is 0 Å². The molecule has 29 heavy (non-hydrogen) atoms. The van der Waals surface area contributed by atoms with E-state index in [0.29, 0.717) is 18.0 Å². The Morgan fingerprint density at radius 1 is 1.17 bits per heavy atom. The van der Waals surface area contributed by atoms with Gasteiger partial charge in [-0.3, -0.25) is 4.79 Å². The first kappa shape index (κ1) is 21.4. The molecule has 1 heterocycles. The molecular weight excluding hydrogens is 408 g/mol. The normalized spacial score (nSPS) is 12.6. The number of sulfone groups is 1. The molecule has 8 heteroatoms. The van der Waals surface area contributed by atoms with Crippen molar-refractivity contribution in [3.63, 3.8) is 0 Å². The number of nitrogens with zero attached hydrogens (tertiary/aromatic N) is 2. The average molecular weight is 433 g/mol. The maximum absolute atomic E-state index is 12.8. The van der Waals surface area contributed by atoms with E-state index in [1.165, 1.54) is 29.0 Å². The van der Waals surface area contributed by atoms with Crippen LogP contribution in [0.2, 0.25) is 0 Å². The molecule has 0 bridgehead atoms. The lowest BCUT2D eigenvalue weighted by molar-refractivity contribution is 0.0997. The smallest absolute Gasteiger partial charge is 0.279 e. The number of fused-ring (bicyclic) bond motifs is 1. The van der Waals surface area contributed by atoms with E-state index in [9.17, 15) is 13.2 Å². The van der Waals surface area contributed by atoms with E-state index in [0.717, 1.165) is 15.8 Å². The number of hydrogen-bond acceptors (Lipinski definition) is 5. The Morgan fingerprint density at radius 3 is 2.59 bits per heavy atom. The maximum atomic E-state index is 12.8. The van der Waals surface area contributed by atoms with Gasteiger partial charge in [-0.1, -0.05) is 24.3 Å². The molecular formula is C21H24N2O4S2. The summed E-state index contributed by atoms with van der Waals surface area (Å²) in [7, 11) is -1.76. The van der Waals surface area contributed by atoms with Gasteiger partial charge in [0.1, 0.15) is 0 Å². The predicted octanol–water partition coefficient (Wildman–Crippen LogP) is 3.50. The average Bonchev–Trinajstić information content (AvgIpc) is 3.02. The third-order valence-electron chi connectivity index (χ3n) is 4.83. The van der Waals surface area contributed by atoms with Gasteiger partial charge < -0.3 is 9.30 Å². The highest BCUT2D eigenvalue weighted by Crippen LogP contribution is 2.22. The number of carbonyl (C=O) groups excluding carboxylic acids is 1. The number of carbonyl (C=O) groups is 1. The molecule has 0 aliphatic rings. The molecule has 0 aliphatic carbocycles. The summed E-state index contributed by atoms with van der Waals surface area (Å²) in [5.74, 6) is -0.488. The van der Waals surface area contributed by atoms with Crippen LogP contribution in [-0.2, 0) is 21.1 Å². The summed E-state index contributed by atoms with van der Waals surface area (Å²) in [4.78, 5) is 17.8. The largest absolute Gasteiger partial charge is 0.383 e. The zero-order valence-corrected chi connectivity index (χ0v) is 18.6. The number of hydrogen-bond donors (Lipinski definition) is 0. The van der Waals surface area contributed by atoms with Crippen molar-refractivity contribution in [1.82, 2.24) is 4.57 Å². The molecule has 0 radical (unpaired) electrons. The molecule has 0 spiro atoms. The standard InChI is InChI=1S/C21H24N2O4S2/c1-5-29(25,26)17-8-6-7-16(13-17)20(24)22-21-23(9-10-27-4)18-11-14(2)15(3)12-19(18)28-21/h6-8,11-13H,5,9-10H2,1-4H3. The summed E-state index contributed by atoms with van der Waals surface area (Å²) in [5, 5.41) is 0. The second-order valence-corrected chi connectivity index (χ2v) is 10.1. The molecule has 0 N–H and O–H groups in total. The van der Waals surface area contributed by atoms with E-state index in [-0.39, 0.29) is 16.2 Å². The molecule has 0 aliphatic heterocycles. The first-order chi connectivity index (χ1) is 13.8. The molecule has 0 saturated carbocycles. The van der Waals surface area contributed by atoms with E-state index < -0.39 is 15.7 Å². The summed E-state index contributed by atoms with van der Waals surface area (Å²) < 4.78 is 32.5. The lowest BCUT2D eigenvalue weighted by atomic mass is 10.1. The Hall–Kier alpha value is -2.29. The quantitative estimate of drug-likeness (QED) is 0.597. The van der Waals surface area contributed by atoms with Gasteiger partial charge in [0.2, 0.25) is 0 Å². The van der Waals surface area contributed by atoms with Crippen molar-refractivity contribution in [3.8, 4) is 0 Å². The minimum Gasteiger partial charge on any atom is -0.383 e. The molecule has 1 amide bonds. The molecule has 0 fully saturated rings. The Kier molecular flexibility index (Phi) is 6.36. The van der Waals surface area contributed by atoms with Crippen molar-refractivity contribution in [2.45, 2.75) is 32.2 Å². The van der Waals surface area contributed by atoms with E-state index in [2.05, 4.69) is 31.0 Å². The summed E-state index contributed by atoms with van der Waals surface area (Å²) in [6.07, 6.45) is 0. The number of benzene rings is 2. The van der Waals surface area contributed by atoms with Crippen LogP contribution in [0.5, 0.6) is 0 Å². The van der Waals surface area contributed by atoms with Crippen LogP contribution in [0.1, 0.15) is 28.4 Å². The maximum Gasteiger partial charge on any atom is 0.279 e. The van der Waals surface area contributed by atoms with Crippen molar-refractivity contribution >= 4 is 37.3 Å². The molecule has 6 nitrogen and oxygen atoms in total. The molecule has 0 atom stereocenters. The first-order valence-corrected chi connectivity index (χ1v) is 11.7. The Balaban J connectivity index is 2.12. The molecule has 2 aromatic carbocycles. The van der Waals surface area contributed by atoms with Crippen LogP contribution in [0.4, 0.5) is 0 Å². The van der Waals surface area contributed by atoms with Gasteiger partial charge in [0.25, 0.3) is 5.91 Å². The van der Waals surface area contributed by atoms with Gasteiger partial charge in [-0.2, -0.15) is 4.99 Å². The van der Waals surface area contributed by atoms with Crippen molar-refractivity contribution < 1.29 is 17.9 Å². The zero-order valence-electron chi connectivity index (χ0n) is 16.9. The molecule has 0 saturated heterocycles. The lowest BCUT2D eigenvalue weighted by Crippen LogP contribution is -2.19. The van der Waals surface area contributed by atoms with Crippen molar-refractivity contribution in [2.24, 2.45) is 4.99 Å². The Bertz CT molecular complexity index is 1240. The third kappa shape index (κ3) is 4.49. The highest BCUT2D eigenvalue weighted by molar-refractivity contribution is 7.91. The number of rotatable bonds is 6. The molecule has 3 aromatic rings. The van der Waals surface area contributed by atoms with Crippen LogP contribution >= 0.6 is 11.3 Å². The molecule has 154 valence electrons. The van der Waals surface area contributed by atoms with Crippen molar-refractivity contribution in [2.75, 3.05) is 19.5 Å². The predicted molar refractivity (Wildman–Crippen MR) is 115 cm³/mol. The Labute approximate surface area is 174 Å². The SMILES string of the molecule is CCS(=O)(=O)c1cccc(C(=O)N=c2sc3cc(C)c(C)cc3n2CCOC)c1. The second kappa shape index (κ2) is 8.61. The fraction of sp³-hybridized carbons (Fsp3) is 0.333. The van der Waals surface area contributed by atoms with Crippen molar-refractivity contribution in [3.05, 3.63) is 57.9 Å². The van der Waals surface area contributed by atoms with Gasteiger partial charge in [-0.05, 0) is 55.3 Å². The monoisotopic (exact) mass is 432 g/mol.